The monoisotopic (exact) mass is 433 g/mol. The number of aliphatic imine (C=N–C) groups is 1. The number of halogens is 1. The second-order valence-electron chi connectivity index (χ2n) is 6.78. The minimum atomic E-state index is -0.634. The van der Waals surface area contributed by atoms with Gasteiger partial charge in [-0.25, -0.2) is 24.3 Å². The van der Waals surface area contributed by atoms with E-state index >= 15 is 0 Å². The number of hydrogen-bond acceptors (Lipinski definition) is 6. The molecule has 2 aromatic heterocycles. The molecule has 1 atom stereocenters. The van der Waals surface area contributed by atoms with Crippen molar-refractivity contribution < 1.29 is 9.18 Å². The first-order valence-electron chi connectivity index (χ1n) is 9.95. The van der Waals surface area contributed by atoms with Crippen LogP contribution in [0.15, 0.2) is 72.9 Å². The lowest BCUT2D eigenvalue weighted by Crippen LogP contribution is -2.40. The van der Waals surface area contributed by atoms with Gasteiger partial charge in [0.05, 0.1) is 23.6 Å². The molecule has 0 radical (unpaired) electrons. The number of benzene rings is 1. The Kier molecular flexibility index (Phi) is 7.22. The number of amidine groups is 1. The number of aromatic amines is 1. The Labute approximate surface area is 185 Å². The van der Waals surface area contributed by atoms with E-state index in [9.17, 15) is 9.18 Å². The number of likely N-dealkylation sites (N-methyl/N-ethyl adjacent to an activating group) is 1. The molecular formula is C23H24FN7O. The fraction of sp³-hybridized carbons (Fsp3) is 0.174. The van der Waals surface area contributed by atoms with Crippen molar-refractivity contribution in [1.82, 2.24) is 24.8 Å². The molecule has 0 fully saturated rings. The first-order chi connectivity index (χ1) is 15.5. The smallest absolute Gasteiger partial charge is 0.182 e. The Morgan fingerprint density at radius 2 is 2.16 bits per heavy atom. The molecule has 32 heavy (non-hydrogen) atoms. The van der Waals surface area contributed by atoms with Gasteiger partial charge in [0, 0.05) is 12.7 Å². The van der Waals surface area contributed by atoms with Gasteiger partial charge in [-0.2, -0.15) is 0 Å². The second kappa shape index (κ2) is 10.3. The summed E-state index contributed by atoms with van der Waals surface area (Å²) in [5, 5.41) is 3.37. The maximum absolute atomic E-state index is 14.2. The van der Waals surface area contributed by atoms with Crippen LogP contribution in [0.3, 0.4) is 0 Å². The summed E-state index contributed by atoms with van der Waals surface area (Å²) in [7, 11) is 1.81. The molecule has 2 N–H and O–H groups in total. The van der Waals surface area contributed by atoms with Gasteiger partial charge in [-0.15, -0.1) is 0 Å². The van der Waals surface area contributed by atoms with Crippen LogP contribution in [-0.2, 0) is 0 Å². The van der Waals surface area contributed by atoms with Crippen molar-refractivity contribution in [3.8, 4) is 0 Å². The highest BCUT2D eigenvalue weighted by Gasteiger charge is 2.23. The number of carbonyl (C=O) groups is 1. The number of hydrogen-bond donors (Lipinski definition) is 2. The lowest BCUT2D eigenvalue weighted by Gasteiger charge is -2.29. The first kappa shape index (κ1) is 22.5. The van der Waals surface area contributed by atoms with Gasteiger partial charge in [0.2, 0.25) is 0 Å². The summed E-state index contributed by atoms with van der Waals surface area (Å²) in [5.74, 6) is 0.438. The number of carbonyl (C=O) groups excluding carboxylic acids is 1. The van der Waals surface area contributed by atoms with E-state index < -0.39 is 5.82 Å². The maximum atomic E-state index is 14.2. The molecule has 3 aromatic rings. The van der Waals surface area contributed by atoms with E-state index in [1.807, 2.05) is 14.0 Å². The molecule has 2 heterocycles. The highest BCUT2D eigenvalue weighted by molar-refractivity contribution is 5.96. The van der Waals surface area contributed by atoms with Gasteiger partial charge in [-0.05, 0) is 30.7 Å². The van der Waals surface area contributed by atoms with Crippen molar-refractivity contribution in [1.29, 1.82) is 0 Å². The van der Waals surface area contributed by atoms with Crippen LogP contribution >= 0.6 is 0 Å². The van der Waals surface area contributed by atoms with Crippen LogP contribution in [0.4, 0.5) is 15.9 Å². The van der Waals surface area contributed by atoms with Gasteiger partial charge in [0.15, 0.2) is 17.8 Å². The summed E-state index contributed by atoms with van der Waals surface area (Å²) >= 11 is 0. The number of anilines is 1. The molecule has 1 aromatic carbocycles. The van der Waals surface area contributed by atoms with E-state index in [0.29, 0.717) is 35.5 Å². The molecule has 0 bridgehead atoms. The van der Waals surface area contributed by atoms with E-state index in [1.165, 1.54) is 18.5 Å². The summed E-state index contributed by atoms with van der Waals surface area (Å²) in [6, 6.07) is 3.97. The zero-order chi connectivity index (χ0) is 23.1. The predicted octanol–water partition coefficient (Wildman–Crippen LogP) is 4.41. The fourth-order valence-electron chi connectivity index (χ4n) is 3.21. The maximum Gasteiger partial charge on any atom is 0.182 e. The van der Waals surface area contributed by atoms with E-state index in [1.54, 1.807) is 35.5 Å². The molecule has 0 aliphatic carbocycles. The van der Waals surface area contributed by atoms with Crippen LogP contribution in [0.1, 0.15) is 23.7 Å². The molecule has 0 aliphatic heterocycles. The quantitative estimate of drug-likeness (QED) is 0.224. The number of allylic oxidation sites excluding steroid dienone is 3. The molecule has 0 saturated heterocycles. The third-order valence-electron chi connectivity index (χ3n) is 4.87. The molecule has 0 amide bonds. The van der Waals surface area contributed by atoms with E-state index in [0.717, 1.165) is 5.70 Å². The normalized spacial score (nSPS) is 13.0. The van der Waals surface area contributed by atoms with Crippen LogP contribution < -0.4 is 5.32 Å². The van der Waals surface area contributed by atoms with Crippen molar-refractivity contribution >= 4 is 34.8 Å². The van der Waals surface area contributed by atoms with Gasteiger partial charge in [0.25, 0.3) is 0 Å². The average molecular weight is 433 g/mol. The summed E-state index contributed by atoms with van der Waals surface area (Å²) in [4.78, 5) is 33.7. The Balaban J connectivity index is 2.14. The van der Waals surface area contributed by atoms with Crippen molar-refractivity contribution in [2.75, 3.05) is 12.4 Å². The third-order valence-corrected chi connectivity index (χ3v) is 4.87. The Bertz CT molecular complexity index is 1200. The van der Waals surface area contributed by atoms with Crippen molar-refractivity contribution in [2.24, 2.45) is 4.99 Å². The molecule has 0 aliphatic rings. The second-order valence-corrected chi connectivity index (χ2v) is 6.78. The first-order valence-corrected chi connectivity index (χ1v) is 9.95. The summed E-state index contributed by atoms with van der Waals surface area (Å²) in [6.07, 6.45) is 9.10. The Morgan fingerprint density at radius 1 is 1.34 bits per heavy atom. The van der Waals surface area contributed by atoms with Gasteiger partial charge in [-0.3, -0.25) is 4.79 Å². The van der Waals surface area contributed by atoms with Crippen molar-refractivity contribution in [3.05, 3.63) is 79.3 Å². The molecule has 0 saturated carbocycles. The number of fused-ring (bicyclic) bond motifs is 1. The SMILES string of the molecule is C=C/C=C(\C=C)N(C)C(=Nc1cccc(F)c1C=O)C(CC)Nc1ncnc2nc[nH]c12. The van der Waals surface area contributed by atoms with E-state index in [2.05, 4.69) is 38.4 Å². The molecule has 3 rings (SSSR count). The van der Waals surface area contributed by atoms with Crippen LogP contribution in [0.25, 0.3) is 11.2 Å². The van der Waals surface area contributed by atoms with Gasteiger partial charge in [-0.1, -0.05) is 32.2 Å². The number of nitrogens with one attached hydrogen (secondary N) is 2. The number of aldehydes is 1. The van der Waals surface area contributed by atoms with Crippen molar-refractivity contribution in [3.63, 3.8) is 0 Å². The lowest BCUT2D eigenvalue weighted by molar-refractivity contribution is 0.112. The molecule has 1 unspecified atom stereocenters. The molecule has 0 spiro atoms. The summed E-state index contributed by atoms with van der Waals surface area (Å²) < 4.78 is 14.2. The number of aromatic nitrogens is 4. The minimum Gasteiger partial charge on any atom is -0.358 e. The fourth-order valence-corrected chi connectivity index (χ4v) is 3.21. The lowest BCUT2D eigenvalue weighted by atomic mass is 10.1. The standard InChI is InChI=1S/C23H24FN7O/c1-5-9-15(6-2)31(4)23(30-19-11-8-10-17(24)16(19)12-32)18(7-3)29-22-20-21(26-13-25-20)27-14-28-22/h5-6,8-14,18H,1-2,7H2,3-4H3,(H2,25,26,27,28,29)/b15-9+,30-23?. The largest absolute Gasteiger partial charge is 0.358 e. The van der Waals surface area contributed by atoms with Gasteiger partial charge >= 0.3 is 0 Å². The molecule has 9 heteroatoms. The van der Waals surface area contributed by atoms with E-state index in [-0.39, 0.29) is 17.3 Å². The molecular weight excluding hydrogens is 409 g/mol. The van der Waals surface area contributed by atoms with Crippen LogP contribution in [0.5, 0.6) is 0 Å². The van der Waals surface area contributed by atoms with Gasteiger partial charge < -0.3 is 15.2 Å². The topological polar surface area (TPSA) is 99.2 Å². The third kappa shape index (κ3) is 4.61. The van der Waals surface area contributed by atoms with Gasteiger partial charge in [0.1, 0.15) is 23.5 Å². The molecule has 8 nitrogen and oxygen atoms in total. The Morgan fingerprint density at radius 3 is 2.84 bits per heavy atom. The van der Waals surface area contributed by atoms with E-state index in [4.69, 9.17) is 4.99 Å². The highest BCUT2D eigenvalue weighted by atomic mass is 19.1. The number of H-pyrrole nitrogens is 1. The van der Waals surface area contributed by atoms with Crippen LogP contribution in [0.2, 0.25) is 0 Å². The highest BCUT2D eigenvalue weighted by Crippen LogP contribution is 2.24. The summed E-state index contributed by atoms with van der Waals surface area (Å²) in [5.41, 5.74) is 2.00. The zero-order valence-electron chi connectivity index (χ0n) is 17.9. The van der Waals surface area contributed by atoms with Crippen LogP contribution in [0, 0.1) is 5.82 Å². The number of imidazole rings is 1. The zero-order valence-corrected chi connectivity index (χ0v) is 17.9. The average Bonchev–Trinajstić information content (AvgIpc) is 3.29. The minimum absolute atomic E-state index is 0.112. The number of nitrogens with zero attached hydrogens (tertiary/aromatic N) is 5. The van der Waals surface area contributed by atoms with Crippen LogP contribution in [-0.4, -0.2) is 50.0 Å². The molecule has 164 valence electrons. The van der Waals surface area contributed by atoms with Crippen molar-refractivity contribution in [2.45, 2.75) is 19.4 Å². The Hall–Kier alpha value is -4.14. The predicted molar refractivity (Wildman–Crippen MR) is 125 cm³/mol. The summed E-state index contributed by atoms with van der Waals surface area (Å²) in [6.45, 7) is 9.58. The number of rotatable bonds is 9.